The molecule has 0 radical (unpaired) electrons. The number of likely N-dealkylation sites (N-methyl/N-ethyl adjacent to an activating group) is 1. The van der Waals surface area contributed by atoms with Gasteiger partial charge in [-0.3, -0.25) is 4.90 Å². The number of benzene rings is 1. The number of anilines is 1. The Morgan fingerprint density at radius 1 is 1.33 bits per heavy atom. The minimum atomic E-state index is 0.0916. The van der Waals surface area contributed by atoms with Crippen molar-refractivity contribution >= 4 is 11.7 Å². The third-order valence-corrected chi connectivity index (χ3v) is 3.58. The molecule has 1 heterocycles. The summed E-state index contributed by atoms with van der Waals surface area (Å²) >= 11 is 0. The van der Waals surface area contributed by atoms with Crippen LogP contribution in [-0.4, -0.2) is 30.6 Å². The van der Waals surface area contributed by atoms with Crippen molar-refractivity contribution in [2.45, 2.75) is 32.4 Å². The highest BCUT2D eigenvalue weighted by atomic mass is 16.2. The second-order valence-electron chi connectivity index (χ2n) is 4.82. The summed E-state index contributed by atoms with van der Waals surface area (Å²) in [5.41, 5.74) is 7.62. The molecule has 0 saturated carbocycles. The first-order valence-electron chi connectivity index (χ1n) is 6.50. The van der Waals surface area contributed by atoms with Crippen LogP contribution >= 0.6 is 0 Å². The fraction of sp³-hybridized carbons (Fsp3) is 0.500. The van der Waals surface area contributed by atoms with E-state index in [9.17, 15) is 4.79 Å². The summed E-state index contributed by atoms with van der Waals surface area (Å²) in [5, 5.41) is 0. The van der Waals surface area contributed by atoms with Gasteiger partial charge >= 0.3 is 6.03 Å². The minimum Gasteiger partial charge on any atom is -0.326 e. The first-order chi connectivity index (χ1) is 8.67. The number of carbonyl (C=O) groups excluding carboxylic acids is 1. The third-order valence-electron chi connectivity index (χ3n) is 3.58. The van der Waals surface area contributed by atoms with Gasteiger partial charge in [-0.1, -0.05) is 25.5 Å². The molecule has 0 spiro atoms. The highest BCUT2D eigenvalue weighted by Gasteiger charge is 2.34. The number of urea groups is 1. The van der Waals surface area contributed by atoms with Gasteiger partial charge in [0.15, 0.2) is 0 Å². The summed E-state index contributed by atoms with van der Waals surface area (Å²) in [6.07, 6.45) is 2.15. The lowest BCUT2D eigenvalue weighted by Crippen LogP contribution is -2.31. The molecule has 2 amide bonds. The number of hydrogen-bond donors (Lipinski definition) is 1. The van der Waals surface area contributed by atoms with E-state index in [1.165, 1.54) is 0 Å². The largest absolute Gasteiger partial charge is 0.326 e. The molecule has 1 aromatic rings. The van der Waals surface area contributed by atoms with Gasteiger partial charge in [0, 0.05) is 25.8 Å². The molecule has 1 atom stereocenters. The molecule has 1 saturated heterocycles. The number of amides is 2. The zero-order valence-electron chi connectivity index (χ0n) is 11.1. The quantitative estimate of drug-likeness (QED) is 0.886. The van der Waals surface area contributed by atoms with Gasteiger partial charge in [-0.15, -0.1) is 0 Å². The number of nitrogens with zero attached hydrogens (tertiary/aromatic N) is 2. The maximum absolute atomic E-state index is 12.2. The van der Waals surface area contributed by atoms with E-state index in [2.05, 4.69) is 6.92 Å². The van der Waals surface area contributed by atoms with Crippen molar-refractivity contribution in [2.75, 3.05) is 18.5 Å². The van der Waals surface area contributed by atoms with Gasteiger partial charge in [0.2, 0.25) is 0 Å². The monoisotopic (exact) mass is 247 g/mol. The molecular weight excluding hydrogens is 226 g/mol. The minimum absolute atomic E-state index is 0.0916. The Labute approximate surface area is 108 Å². The van der Waals surface area contributed by atoms with Crippen LogP contribution < -0.4 is 10.6 Å². The summed E-state index contributed by atoms with van der Waals surface area (Å²) in [5.74, 6) is 0. The predicted molar refractivity (Wildman–Crippen MR) is 73.5 cm³/mol. The van der Waals surface area contributed by atoms with Crippen LogP contribution in [0.1, 0.15) is 25.3 Å². The van der Waals surface area contributed by atoms with E-state index in [4.69, 9.17) is 5.73 Å². The van der Waals surface area contributed by atoms with Crippen molar-refractivity contribution in [3.63, 3.8) is 0 Å². The first kappa shape index (κ1) is 12.9. The molecule has 1 aliphatic heterocycles. The van der Waals surface area contributed by atoms with Gasteiger partial charge in [-0.2, -0.15) is 0 Å². The fourth-order valence-electron chi connectivity index (χ4n) is 2.40. The Hall–Kier alpha value is -1.55. The van der Waals surface area contributed by atoms with Gasteiger partial charge in [0.05, 0.1) is 6.04 Å². The lowest BCUT2D eigenvalue weighted by atomic mass is 10.1. The van der Waals surface area contributed by atoms with Gasteiger partial charge < -0.3 is 10.6 Å². The third kappa shape index (κ3) is 2.34. The van der Waals surface area contributed by atoms with Gasteiger partial charge in [-0.25, -0.2) is 4.79 Å². The normalized spacial score (nSPS) is 19.7. The maximum atomic E-state index is 12.2. The topological polar surface area (TPSA) is 49.6 Å². The number of hydrogen-bond acceptors (Lipinski definition) is 2. The van der Waals surface area contributed by atoms with Gasteiger partial charge in [0.1, 0.15) is 0 Å². The first-order valence-corrected chi connectivity index (χ1v) is 6.50. The lowest BCUT2D eigenvalue weighted by molar-refractivity contribution is 0.217. The average molecular weight is 247 g/mol. The summed E-state index contributed by atoms with van der Waals surface area (Å²) < 4.78 is 0. The second kappa shape index (κ2) is 5.40. The van der Waals surface area contributed by atoms with E-state index in [-0.39, 0.29) is 6.03 Å². The smallest absolute Gasteiger partial charge is 0.324 e. The molecule has 1 fully saturated rings. The summed E-state index contributed by atoms with van der Waals surface area (Å²) in [6.45, 7) is 3.47. The van der Waals surface area contributed by atoms with Crippen LogP contribution in [0, 0.1) is 0 Å². The van der Waals surface area contributed by atoms with Crippen molar-refractivity contribution < 1.29 is 4.79 Å². The number of nitrogens with two attached hydrogens (primary N) is 1. The Balaban J connectivity index is 2.15. The highest BCUT2D eigenvalue weighted by molar-refractivity contribution is 5.94. The number of rotatable bonds is 4. The van der Waals surface area contributed by atoms with Crippen molar-refractivity contribution in [1.82, 2.24) is 4.90 Å². The molecule has 4 nitrogen and oxygen atoms in total. The molecule has 2 N–H and O–H groups in total. The second-order valence-corrected chi connectivity index (χ2v) is 4.82. The lowest BCUT2D eigenvalue weighted by Gasteiger charge is -2.16. The average Bonchev–Trinajstić information content (AvgIpc) is 2.68. The zero-order valence-corrected chi connectivity index (χ0v) is 11.1. The molecule has 0 aromatic heterocycles. The van der Waals surface area contributed by atoms with E-state index >= 15 is 0 Å². The van der Waals surface area contributed by atoms with Crippen molar-refractivity contribution in [3.05, 3.63) is 29.8 Å². The summed E-state index contributed by atoms with van der Waals surface area (Å²) in [7, 11) is 1.89. The van der Waals surface area contributed by atoms with E-state index < -0.39 is 0 Å². The van der Waals surface area contributed by atoms with Crippen LogP contribution in [0.25, 0.3) is 0 Å². The molecule has 0 bridgehead atoms. The summed E-state index contributed by atoms with van der Waals surface area (Å²) in [6, 6.07) is 8.33. The van der Waals surface area contributed by atoms with Crippen LogP contribution in [0.2, 0.25) is 0 Å². The van der Waals surface area contributed by atoms with Crippen LogP contribution in [0.3, 0.4) is 0 Å². The Morgan fingerprint density at radius 2 is 2.00 bits per heavy atom. The fourth-order valence-corrected chi connectivity index (χ4v) is 2.40. The molecular formula is C14H21N3O. The van der Waals surface area contributed by atoms with Crippen molar-refractivity contribution in [2.24, 2.45) is 5.73 Å². The van der Waals surface area contributed by atoms with Gasteiger partial charge in [-0.05, 0) is 24.1 Å². The van der Waals surface area contributed by atoms with E-state index in [1.807, 2.05) is 41.1 Å². The standard InChI is InChI=1S/C14H21N3O/c1-3-4-13-10-17(14(18)16(13)2)12-7-5-11(9-15)6-8-12/h5-8,13H,3-4,9-10,15H2,1-2H3. The molecule has 98 valence electrons. The van der Waals surface area contributed by atoms with Crippen molar-refractivity contribution in [3.8, 4) is 0 Å². The number of carbonyl (C=O) groups is 1. The van der Waals surface area contributed by atoms with Crippen LogP contribution in [0.5, 0.6) is 0 Å². The van der Waals surface area contributed by atoms with Crippen LogP contribution in [-0.2, 0) is 6.54 Å². The van der Waals surface area contributed by atoms with Crippen LogP contribution in [0.4, 0.5) is 10.5 Å². The molecule has 1 unspecified atom stereocenters. The van der Waals surface area contributed by atoms with Gasteiger partial charge in [0.25, 0.3) is 0 Å². The Kier molecular flexibility index (Phi) is 3.87. The van der Waals surface area contributed by atoms with Crippen molar-refractivity contribution in [1.29, 1.82) is 0 Å². The molecule has 1 aliphatic rings. The SMILES string of the molecule is CCCC1CN(c2ccc(CN)cc2)C(=O)N1C. The van der Waals surface area contributed by atoms with E-state index in [1.54, 1.807) is 0 Å². The molecule has 18 heavy (non-hydrogen) atoms. The summed E-state index contributed by atoms with van der Waals surface area (Å²) in [4.78, 5) is 15.9. The molecule has 0 aliphatic carbocycles. The predicted octanol–water partition coefficient (Wildman–Crippen LogP) is 2.19. The molecule has 4 heteroatoms. The maximum Gasteiger partial charge on any atom is 0.324 e. The van der Waals surface area contributed by atoms with Crippen LogP contribution in [0.15, 0.2) is 24.3 Å². The molecule has 1 aromatic carbocycles. The highest BCUT2D eigenvalue weighted by Crippen LogP contribution is 2.25. The van der Waals surface area contributed by atoms with E-state index in [0.717, 1.165) is 30.6 Å². The molecule has 2 rings (SSSR count). The zero-order chi connectivity index (χ0) is 13.1. The van der Waals surface area contributed by atoms with E-state index in [0.29, 0.717) is 12.6 Å². The Bertz CT molecular complexity index is 416. The Morgan fingerprint density at radius 3 is 2.56 bits per heavy atom.